The first-order valence-electron chi connectivity index (χ1n) is 6.40. The topological polar surface area (TPSA) is 38.4 Å². The van der Waals surface area contributed by atoms with Gasteiger partial charge in [-0.05, 0) is 30.9 Å². The van der Waals surface area contributed by atoms with Gasteiger partial charge in [0.1, 0.15) is 5.82 Å². The second-order valence-electron chi connectivity index (χ2n) is 5.11. The summed E-state index contributed by atoms with van der Waals surface area (Å²) in [5.74, 6) is 3.49. The highest BCUT2D eigenvalue weighted by atomic mass is 32.2. The number of thioether (sulfide) groups is 1. The molecule has 19 heavy (non-hydrogen) atoms. The zero-order valence-electron chi connectivity index (χ0n) is 10.5. The molecule has 2 aliphatic rings. The fraction of sp³-hybridized carbons (Fsp3) is 0.400. The van der Waals surface area contributed by atoms with E-state index in [0.717, 1.165) is 25.0 Å². The normalized spacial score (nSPS) is 29.5. The Morgan fingerprint density at radius 3 is 3.11 bits per heavy atom. The second kappa shape index (κ2) is 4.57. The Balaban J connectivity index is 2.13. The lowest BCUT2D eigenvalue weighted by atomic mass is 9.81. The van der Waals surface area contributed by atoms with E-state index in [1.807, 2.05) is 0 Å². The van der Waals surface area contributed by atoms with Gasteiger partial charge in [-0.25, -0.2) is 4.39 Å². The lowest BCUT2D eigenvalue weighted by Gasteiger charge is -2.36. The number of rotatable bonds is 1. The number of nitrogens with two attached hydrogens (primary N) is 1. The van der Waals surface area contributed by atoms with E-state index in [9.17, 15) is 4.39 Å². The van der Waals surface area contributed by atoms with E-state index in [-0.39, 0.29) is 5.82 Å². The van der Waals surface area contributed by atoms with Crippen LogP contribution >= 0.6 is 11.8 Å². The van der Waals surface area contributed by atoms with Gasteiger partial charge in [0, 0.05) is 16.9 Å². The summed E-state index contributed by atoms with van der Waals surface area (Å²) in [6.45, 7) is 0. The van der Waals surface area contributed by atoms with Crippen molar-refractivity contribution in [3.63, 3.8) is 0 Å². The summed E-state index contributed by atoms with van der Waals surface area (Å²) >= 11 is 1.57. The molecule has 0 amide bonds. The molecule has 1 aromatic rings. The third kappa shape index (κ3) is 1.93. The van der Waals surface area contributed by atoms with E-state index in [2.05, 4.69) is 10.9 Å². The average molecular weight is 274 g/mol. The number of hydrogen-bond donors (Lipinski definition) is 1. The van der Waals surface area contributed by atoms with E-state index >= 15 is 0 Å². The highest BCUT2D eigenvalue weighted by Crippen LogP contribution is 2.51. The maximum atomic E-state index is 14.4. The molecule has 2 nitrogen and oxygen atoms in total. The van der Waals surface area contributed by atoms with Gasteiger partial charge in [-0.1, -0.05) is 30.2 Å². The van der Waals surface area contributed by atoms with Crippen molar-refractivity contribution in [3.8, 4) is 12.3 Å². The van der Waals surface area contributed by atoms with Crippen molar-refractivity contribution in [1.82, 2.24) is 0 Å². The van der Waals surface area contributed by atoms with Crippen LogP contribution in [0.2, 0.25) is 0 Å². The molecule has 0 bridgehead atoms. The summed E-state index contributed by atoms with van der Waals surface area (Å²) in [5.41, 5.74) is 6.63. The Morgan fingerprint density at radius 2 is 2.37 bits per heavy atom. The minimum absolute atomic E-state index is 0.259. The Bertz CT molecular complexity index is 590. The number of halogens is 1. The number of benzene rings is 1. The molecule has 0 saturated heterocycles. The number of nitrogens with zero attached hydrogens (tertiary/aromatic N) is 1. The molecule has 1 saturated carbocycles. The van der Waals surface area contributed by atoms with Crippen molar-refractivity contribution >= 4 is 16.9 Å². The maximum absolute atomic E-state index is 14.4. The number of fused-ring (bicyclic) bond motifs is 1. The van der Waals surface area contributed by atoms with Crippen molar-refractivity contribution in [1.29, 1.82) is 0 Å². The molecule has 0 radical (unpaired) electrons. The number of aliphatic imine (C=N–C) groups is 1. The lowest BCUT2D eigenvalue weighted by Crippen LogP contribution is -2.37. The van der Waals surface area contributed by atoms with Crippen LogP contribution in [0.3, 0.4) is 0 Å². The molecular formula is C15H15FN2S. The van der Waals surface area contributed by atoms with Crippen molar-refractivity contribution in [2.24, 2.45) is 16.6 Å². The summed E-state index contributed by atoms with van der Waals surface area (Å²) in [7, 11) is 0. The van der Waals surface area contributed by atoms with Crippen molar-refractivity contribution < 1.29 is 4.39 Å². The van der Waals surface area contributed by atoms with Gasteiger partial charge in [0.15, 0.2) is 5.17 Å². The molecule has 1 fully saturated rings. The van der Waals surface area contributed by atoms with E-state index in [4.69, 9.17) is 12.2 Å². The standard InChI is InChI=1S/C15H15FN2S/c1-2-10-5-6-12(13(16)8-10)15-7-3-4-11(15)9-19-14(17)18-15/h1,5-6,8,11H,3-4,7,9H2,(H2,17,18). The Hall–Kier alpha value is -1.47. The van der Waals surface area contributed by atoms with Crippen molar-refractivity contribution in [3.05, 3.63) is 35.1 Å². The summed E-state index contributed by atoms with van der Waals surface area (Å²) in [5, 5.41) is 0.568. The molecule has 1 aromatic carbocycles. The average Bonchev–Trinajstić information content (AvgIpc) is 2.81. The predicted molar refractivity (Wildman–Crippen MR) is 77.4 cm³/mol. The van der Waals surface area contributed by atoms with Gasteiger partial charge in [-0.3, -0.25) is 4.99 Å². The molecule has 2 N–H and O–H groups in total. The van der Waals surface area contributed by atoms with Crippen LogP contribution in [0, 0.1) is 24.1 Å². The summed E-state index contributed by atoms with van der Waals surface area (Å²) in [6.07, 6.45) is 8.32. The van der Waals surface area contributed by atoms with E-state index in [1.54, 1.807) is 23.9 Å². The first-order valence-corrected chi connectivity index (χ1v) is 7.39. The molecule has 2 unspecified atom stereocenters. The largest absolute Gasteiger partial charge is 0.379 e. The summed E-state index contributed by atoms with van der Waals surface area (Å²) in [6, 6.07) is 5.00. The van der Waals surface area contributed by atoms with Crippen LogP contribution in [-0.4, -0.2) is 10.9 Å². The molecule has 1 aliphatic carbocycles. The fourth-order valence-electron chi connectivity index (χ4n) is 3.21. The van der Waals surface area contributed by atoms with Gasteiger partial charge in [-0.2, -0.15) is 0 Å². The minimum Gasteiger partial charge on any atom is -0.379 e. The summed E-state index contributed by atoms with van der Waals surface area (Å²) < 4.78 is 14.4. The van der Waals surface area contributed by atoms with Gasteiger partial charge < -0.3 is 5.73 Å². The zero-order chi connectivity index (χ0) is 13.5. The Morgan fingerprint density at radius 1 is 1.53 bits per heavy atom. The van der Waals surface area contributed by atoms with Crippen LogP contribution in [-0.2, 0) is 5.54 Å². The Labute approximate surface area is 116 Å². The highest BCUT2D eigenvalue weighted by molar-refractivity contribution is 8.13. The van der Waals surface area contributed by atoms with Crippen LogP contribution < -0.4 is 5.73 Å². The molecular weight excluding hydrogens is 259 g/mol. The van der Waals surface area contributed by atoms with Crippen LogP contribution in [0.15, 0.2) is 23.2 Å². The SMILES string of the molecule is C#Cc1ccc(C23CCCC2CSC(N)=N3)c(F)c1. The Kier molecular flexibility index (Phi) is 3.02. The van der Waals surface area contributed by atoms with Crippen LogP contribution in [0.5, 0.6) is 0 Å². The van der Waals surface area contributed by atoms with E-state index < -0.39 is 5.54 Å². The third-order valence-electron chi connectivity index (χ3n) is 4.13. The van der Waals surface area contributed by atoms with Crippen molar-refractivity contribution in [2.75, 3.05) is 5.75 Å². The summed E-state index contributed by atoms with van der Waals surface area (Å²) in [4.78, 5) is 4.63. The molecule has 98 valence electrons. The first kappa shape index (κ1) is 12.6. The highest BCUT2D eigenvalue weighted by Gasteiger charge is 2.47. The smallest absolute Gasteiger partial charge is 0.154 e. The van der Waals surface area contributed by atoms with Crippen LogP contribution in [0.25, 0.3) is 0 Å². The molecule has 2 atom stereocenters. The van der Waals surface area contributed by atoms with Gasteiger partial charge in [0.05, 0.1) is 5.54 Å². The zero-order valence-corrected chi connectivity index (χ0v) is 11.3. The van der Waals surface area contributed by atoms with Crippen molar-refractivity contribution in [2.45, 2.75) is 24.8 Å². The minimum atomic E-state index is -0.466. The quantitative estimate of drug-likeness (QED) is 0.800. The lowest BCUT2D eigenvalue weighted by molar-refractivity contribution is 0.341. The first-order chi connectivity index (χ1) is 9.15. The molecule has 1 aliphatic heterocycles. The van der Waals surface area contributed by atoms with Gasteiger partial charge in [-0.15, -0.1) is 6.42 Å². The number of terminal acetylenes is 1. The molecule has 3 rings (SSSR count). The number of amidine groups is 1. The second-order valence-corrected chi connectivity index (χ2v) is 6.15. The number of hydrogen-bond acceptors (Lipinski definition) is 3. The van der Waals surface area contributed by atoms with Gasteiger partial charge >= 0.3 is 0 Å². The predicted octanol–water partition coefficient (Wildman–Crippen LogP) is 2.86. The van der Waals surface area contributed by atoms with Gasteiger partial charge in [0.2, 0.25) is 0 Å². The molecule has 0 aromatic heterocycles. The monoisotopic (exact) mass is 274 g/mol. The van der Waals surface area contributed by atoms with E-state index in [1.165, 1.54) is 6.07 Å². The molecule has 0 spiro atoms. The molecule has 4 heteroatoms. The molecule has 1 heterocycles. The third-order valence-corrected chi connectivity index (χ3v) is 5.09. The van der Waals surface area contributed by atoms with Gasteiger partial charge in [0.25, 0.3) is 0 Å². The van der Waals surface area contributed by atoms with Crippen LogP contribution in [0.4, 0.5) is 4.39 Å². The van der Waals surface area contributed by atoms with E-state index in [0.29, 0.717) is 22.2 Å². The maximum Gasteiger partial charge on any atom is 0.154 e. The fourth-order valence-corrected chi connectivity index (χ4v) is 4.26. The van der Waals surface area contributed by atoms with Crippen LogP contribution in [0.1, 0.15) is 30.4 Å².